The van der Waals surface area contributed by atoms with Crippen LogP contribution in [-0.2, 0) is 9.84 Å². The van der Waals surface area contributed by atoms with E-state index in [1.807, 2.05) is 0 Å². The number of sulfone groups is 1. The summed E-state index contributed by atoms with van der Waals surface area (Å²) in [6.45, 7) is 4.00. The zero-order valence-electron chi connectivity index (χ0n) is 15.6. The Hall–Kier alpha value is -1.33. The molecule has 1 aromatic carbocycles. The van der Waals surface area contributed by atoms with Crippen LogP contribution in [0.25, 0.3) is 0 Å². The highest BCUT2D eigenvalue weighted by atomic mass is 127. The maximum atomic E-state index is 11.4. The van der Waals surface area contributed by atoms with Crippen molar-refractivity contribution in [2.24, 2.45) is 4.99 Å². The average molecular weight is 523 g/mol. The molecule has 0 bridgehead atoms. The summed E-state index contributed by atoms with van der Waals surface area (Å²) in [5, 5.41) is 8.58. The van der Waals surface area contributed by atoms with Crippen molar-refractivity contribution in [2.75, 3.05) is 33.0 Å². The molecule has 0 fully saturated rings. The van der Waals surface area contributed by atoms with Crippen LogP contribution in [-0.4, -0.2) is 47.4 Å². The largest absolute Gasteiger partial charge is 0.492 e. The molecule has 27 heavy (non-hydrogen) atoms. The number of rotatable bonds is 8. The van der Waals surface area contributed by atoms with Crippen LogP contribution in [0.5, 0.6) is 5.75 Å². The van der Waals surface area contributed by atoms with Gasteiger partial charge in [0.05, 0.1) is 11.4 Å². The van der Waals surface area contributed by atoms with Crippen molar-refractivity contribution >= 4 is 51.1 Å². The Labute approximate surface area is 182 Å². The fourth-order valence-corrected chi connectivity index (χ4v) is 3.68. The van der Waals surface area contributed by atoms with Gasteiger partial charge in [-0.15, -0.1) is 35.3 Å². The molecule has 0 amide bonds. The minimum absolute atomic E-state index is 0. The van der Waals surface area contributed by atoms with Crippen molar-refractivity contribution in [3.05, 3.63) is 46.7 Å². The van der Waals surface area contributed by atoms with Gasteiger partial charge < -0.3 is 15.4 Å². The number of nitrogens with one attached hydrogen (secondary N) is 2. The normalized spacial score (nSPS) is 12.8. The maximum absolute atomic E-state index is 11.4. The van der Waals surface area contributed by atoms with E-state index >= 15 is 0 Å². The Morgan fingerprint density at radius 3 is 2.48 bits per heavy atom. The molecule has 1 aromatic heterocycles. The van der Waals surface area contributed by atoms with Crippen LogP contribution in [0, 0.1) is 0 Å². The molecular formula is C18H26IN3O3S2. The lowest BCUT2D eigenvalue weighted by atomic mass is 10.1. The molecular weight excluding hydrogens is 497 g/mol. The van der Waals surface area contributed by atoms with Crippen LogP contribution in [0.2, 0.25) is 0 Å². The summed E-state index contributed by atoms with van der Waals surface area (Å²) in [6.07, 6.45) is 1.19. The van der Waals surface area contributed by atoms with Crippen LogP contribution in [0.4, 0.5) is 0 Å². The number of benzene rings is 1. The van der Waals surface area contributed by atoms with E-state index in [2.05, 4.69) is 40.1 Å². The predicted octanol–water partition coefficient (Wildman–Crippen LogP) is 3.12. The van der Waals surface area contributed by atoms with Gasteiger partial charge in [0, 0.05) is 30.6 Å². The zero-order valence-corrected chi connectivity index (χ0v) is 19.6. The van der Waals surface area contributed by atoms with E-state index in [-0.39, 0.29) is 28.9 Å². The van der Waals surface area contributed by atoms with Gasteiger partial charge in [0.25, 0.3) is 0 Å². The van der Waals surface area contributed by atoms with Gasteiger partial charge in [-0.05, 0) is 35.7 Å². The molecule has 2 N–H and O–H groups in total. The smallest absolute Gasteiger partial charge is 0.191 e. The van der Waals surface area contributed by atoms with E-state index in [1.165, 1.54) is 11.1 Å². The zero-order chi connectivity index (χ0) is 19.0. The number of hydrogen-bond acceptors (Lipinski definition) is 5. The van der Waals surface area contributed by atoms with Crippen LogP contribution < -0.4 is 15.4 Å². The van der Waals surface area contributed by atoms with Crippen LogP contribution in [0.15, 0.2) is 51.7 Å². The van der Waals surface area contributed by atoms with Crippen LogP contribution in [0.1, 0.15) is 17.7 Å². The summed E-state index contributed by atoms with van der Waals surface area (Å²) >= 11 is 1.75. The van der Waals surface area contributed by atoms with E-state index in [1.54, 1.807) is 42.6 Å². The predicted molar refractivity (Wildman–Crippen MR) is 123 cm³/mol. The third-order valence-electron chi connectivity index (χ3n) is 3.74. The Bertz CT molecular complexity index is 807. The Morgan fingerprint density at radius 1 is 1.22 bits per heavy atom. The van der Waals surface area contributed by atoms with E-state index in [0.717, 1.165) is 12.5 Å². The topological polar surface area (TPSA) is 79.8 Å². The molecule has 6 nitrogen and oxygen atoms in total. The van der Waals surface area contributed by atoms with Gasteiger partial charge in [-0.1, -0.05) is 13.0 Å². The monoisotopic (exact) mass is 523 g/mol. The second-order valence-electron chi connectivity index (χ2n) is 5.89. The lowest BCUT2D eigenvalue weighted by Gasteiger charge is -2.15. The number of nitrogens with zero attached hydrogens (tertiary/aromatic N) is 1. The molecule has 1 heterocycles. The minimum atomic E-state index is -3.18. The van der Waals surface area contributed by atoms with Crippen LogP contribution >= 0.6 is 35.3 Å². The van der Waals surface area contributed by atoms with Gasteiger partial charge in [0.15, 0.2) is 15.8 Å². The maximum Gasteiger partial charge on any atom is 0.191 e. The van der Waals surface area contributed by atoms with Gasteiger partial charge in [-0.2, -0.15) is 0 Å². The third-order valence-corrected chi connectivity index (χ3v) is 5.98. The highest BCUT2D eigenvalue weighted by Gasteiger charge is 2.08. The lowest BCUT2D eigenvalue weighted by Crippen LogP contribution is -2.40. The highest BCUT2D eigenvalue weighted by Crippen LogP contribution is 2.19. The van der Waals surface area contributed by atoms with Gasteiger partial charge >= 0.3 is 0 Å². The van der Waals surface area contributed by atoms with Crippen molar-refractivity contribution in [1.82, 2.24) is 10.6 Å². The number of thiophene rings is 1. The second-order valence-corrected chi connectivity index (χ2v) is 8.88. The van der Waals surface area contributed by atoms with Crippen molar-refractivity contribution in [3.63, 3.8) is 0 Å². The first-order chi connectivity index (χ1) is 12.4. The number of ether oxygens (including phenoxy) is 1. The number of hydrogen-bond donors (Lipinski definition) is 2. The van der Waals surface area contributed by atoms with E-state index in [4.69, 9.17) is 4.74 Å². The summed E-state index contributed by atoms with van der Waals surface area (Å²) < 4.78 is 28.5. The molecule has 0 spiro atoms. The Morgan fingerprint density at radius 2 is 1.93 bits per heavy atom. The molecule has 1 unspecified atom stereocenters. The SMILES string of the molecule is CN=C(NCCOc1ccc(S(C)(=O)=O)cc1)NCC(C)c1cccs1.I. The summed E-state index contributed by atoms with van der Waals surface area (Å²) in [4.78, 5) is 5.83. The van der Waals surface area contributed by atoms with E-state index < -0.39 is 9.84 Å². The standard InChI is InChI=1S/C18H25N3O3S2.HI/c1-14(17-5-4-12-25-17)13-21-18(19-2)20-10-11-24-15-6-8-16(9-7-15)26(3,22)23;/h4-9,12,14H,10-11,13H2,1-3H3,(H2,19,20,21);1H. The summed E-state index contributed by atoms with van der Waals surface area (Å²) in [5.41, 5.74) is 0. The number of halogens is 1. The first-order valence-electron chi connectivity index (χ1n) is 8.31. The first kappa shape index (κ1) is 23.7. The molecule has 0 saturated heterocycles. The van der Waals surface area contributed by atoms with Crippen LogP contribution in [0.3, 0.4) is 0 Å². The molecule has 0 aliphatic heterocycles. The van der Waals surface area contributed by atoms with Gasteiger partial charge in [0.2, 0.25) is 0 Å². The first-order valence-corrected chi connectivity index (χ1v) is 11.1. The molecule has 0 saturated carbocycles. The minimum Gasteiger partial charge on any atom is -0.492 e. The quantitative estimate of drug-likeness (QED) is 0.241. The van der Waals surface area contributed by atoms with Gasteiger partial charge in [0.1, 0.15) is 12.4 Å². The molecule has 0 aliphatic carbocycles. The second kappa shape index (κ2) is 11.5. The Balaban J connectivity index is 0.00000364. The molecule has 1 atom stereocenters. The van der Waals surface area contributed by atoms with Crippen molar-refractivity contribution in [1.29, 1.82) is 0 Å². The Kier molecular flexibility index (Phi) is 10.1. The number of guanidine groups is 1. The molecule has 150 valence electrons. The lowest BCUT2D eigenvalue weighted by molar-refractivity contribution is 0.321. The fraction of sp³-hybridized carbons (Fsp3) is 0.389. The molecule has 9 heteroatoms. The molecule has 2 aromatic rings. The van der Waals surface area contributed by atoms with Gasteiger partial charge in [-0.25, -0.2) is 8.42 Å². The average Bonchev–Trinajstić information content (AvgIpc) is 3.15. The highest BCUT2D eigenvalue weighted by molar-refractivity contribution is 14.0. The van der Waals surface area contributed by atoms with Crippen molar-refractivity contribution in [2.45, 2.75) is 17.7 Å². The summed E-state index contributed by atoms with van der Waals surface area (Å²) in [5.74, 6) is 1.77. The van der Waals surface area contributed by atoms with Crippen molar-refractivity contribution in [3.8, 4) is 5.75 Å². The van der Waals surface area contributed by atoms with Gasteiger partial charge in [-0.3, -0.25) is 4.99 Å². The molecule has 0 aliphatic rings. The number of aliphatic imine (C=N–C) groups is 1. The van der Waals surface area contributed by atoms with Crippen molar-refractivity contribution < 1.29 is 13.2 Å². The summed E-state index contributed by atoms with van der Waals surface area (Å²) in [7, 11) is -1.45. The molecule has 0 radical (unpaired) electrons. The molecule has 2 rings (SSSR count). The van der Waals surface area contributed by atoms with E-state index in [0.29, 0.717) is 24.8 Å². The van der Waals surface area contributed by atoms with E-state index in [9.17, 15) is 8.42 Å². The fourth-order valence-electron chi connectivity index (χ4n) is 2.26. The third kappa shape index (κ3) is 8.06. The summed E-state index contributed by atoms with van der Waals surface area (Å²) in [6, 6.07) is 10.6.